The van der Waals surface area contributed by atoms with Crippen molar-refractivity contribution in [2.75, 3.05) is 4.31 Å². The lowest BCUT2D eigenvalue weighted by Crippen LogP contribution is -2.30. The molecule has 0 aromatic heterocycles. The van der Waals surface area contributed by atoms with E-state index in [9.17, 15) is 8.42 Å². The van der Waals surface area contributed by atoms with Crippen LogP contribution in [0.5, 0.6) is 0 Å². The van der Waals surface area contributed by atoms with Gasteiger partial charge in [-0.15, -0.1) is 0 Å². The monoisotopic (exact) mass is 476 g/mol. The van der Waals surface area contributed by atoms with Crippen LogP contribution in [0.1, 0.15) is 11.1 Å². The highest BCUT2D eigenvalue weighted by Crippen LogP contribution is 2.28. The predicted molar refractivity (Wildman–Crippen MR) is 144 cm³/mol. The van der Waals surface area contributed by atoms with Crippen LogP contribution in [0.25, 0.3) is 10.8 Å². The molecule has 4 nitrogen and oxygen atoms in total. The van der Waals surface area contributed by atoms with E-state index in [2.05, 4.69) is 23.2 Å². The molecule has 0 aliphatic heterocycles. The Hall–Kier alpha value is -4.22. The zero-order valence-electron chi connectivity index (χ0n) is 19.0. The van der Waals surface area contributed by atoms with E-state index >= 15 is 0 Å². The third-order valence-electron chi connectivity index (χ3n) is 5.81. The number of hydrogen-bond donors (Lipinski definition) is 0. The van der Waals surface area contributed by atoms with Crippen LogP contribution in [0, 0.1) is 0 Å². The van der Waals surface area contributed by atoms with Crippen molar-refractivity contribution in [3.63, 3.8) is 0 Å². The van der Waals surface area contributed by atoms with Crippen LogP contribution >= 0.6 is 0 Å². The van der Waals surface area contributed by atoms with Crippen LogP contribution in [-0.4, -0.2) is 14.6 Å². The fourth-order valence-corrected chi connectivity index (χ4v) is 5.47. The predicted octanol–water partition coefficient (Wildman–Crippen LogP) is 6.99. The maximum Gasteiger partial charge on any atom is 0.264 e. The number of sulfonamides is 1. The SMILES string of the molecule is O=S(=O)(c1ccccc1)N(Cc1ccccc1)c1ccc(N=Cc2cccc3ccccc23)cc1. The molecule has 0 saturated carbocycles. The maximum atomic E-state index is 13.6. The molecule has 5 rings (SSSR count). The Morgan fingerprint density at radius 1 is 0.657 bits per heavy atom. The topological polar surface area (TPSA) is 49.7 Å². The van der Waals surface area contributed by atoms with Crippen LogP contribution in [0.3, 0.4) is 0 Å². The molecule has 0 unspecified atom stereocenters. The molecular weight excluding hydrogens is 452 g/mol. The van der Waals surface area contributed by atoms with Crippen molar-refractivity contribution in [2.24, 2.45) is 4.99 Å². The molecule has 0 radical (unpaired) electrons. The Labute approximate surface area is 205 Å². The number of fused-ring (bicyclic) bond motifs is 1. The first kappa shape index (κ1) is 22.6. The molecule has 0 saturated heterocycles. The zero-order valence-corrected chi connectivity index (χ0v) is 19.8. The Balaban J connectivity index is 1.46. The molecule has 0 spiro atoms. The van der Waals surface area contributed by atoms with Gasteiger partial charge in [-0.1, -0.05) is 91.0 Å². The Bertz CT molecular complexity index is 1560. The van der Waals surface area contributed by atoms with Crippen molar-refractivity contribution >= 4 is 38.4 Å². The van der Waals surface area contributed by atoms with E-state index in [0.717, 1.165) is 27.6 Å². The van der Waals surface area contributed by atoms with Crippen molar-refractivity contribution in [3.05, 3.63) is 139 Å². The minimum Gasteiger partial charge on any atom is -0.262 e. The number of hydrogen-bond acceptors (Lipinski definition) is 3. The van der Waals surface area contributed by atoms with Gasteiger partial charge in [0, 0.05) is 11.8 Å². The van der Waals surface area contributed by atoms with Crippen LogP contribution in [-0.2, 0) is 16.6 Å². The summed E-state index contributed by atoms with van der Waals surface area (Å²) >= 11 is 0. The second-order valence-electron chi connectivity index (χ2n) is 8.15. The van der Waals surface area contributed by atoms with Gasteiger partial charge in [-0.25, -0.2) is 8.42 Å². The van der Waals surface area contributed by atoms with Crippen molar-refractivity contribution in [1.29, 1.82) is 0 Å². The molecule has 0 N–H and O–H groups in total. The van der Waals surface area contributed by atoms with E-state index in [-0.39, 0.29) is 11.4 Å². The van der Waals surface area contributed by atoms with Crippen molar-refractivity contribution in [3.8, 4) is 0 Å². The highest BCUT2D eigenvalue weighted by atomic mass is 32.2. The standard InChI is InChI=1S/C30H24N2O2S/c33-35(34,29-15-5-2-6-16-29)32(23-24-10-3-1-4-11-24)28-20-18-27(19-21-28)31-22-26-14-9-13-25-12-7-8-17-30(25)26/h1-22H,23H2. The highest BCUT2D eigenvalue weighted by molar-refractivity contribution is 7.92. The molecule has 5 heteroatoms. The van der Waals surface area contributed by atoms with E-state index in [1.165, 1.54) is 4.31 Å². The lowest BCUT2D eigenvalue weighted by atomic mass is 10.1. The van der Waals surface area contributed by atoms with Gasteiger partial charge in [-0.3, -0.25) is 9.30 Å². The van der Waals surface area contributed by atoms with Gasteiger partial charge < -0.3 is 0 Å². The minimum atomic E-state index is -3.75. The van der Waals surface area contributed by atoms with Crippen molar-refractivity contribution in [2.45, 2.75) is 11.4 Å². The fraction of sp³-hybridized carbons (Fsp3) is 0.0333. The number of anilines is 1. The van der Waals surface area contributed by atoms with E-state index < -0.39 is 10.0 Å². The summed E-state index contributed by atoms with van der Waals surface area (Å²) in [6.07, 6.45) is 1.85. The second kappa shape index (κ2) is 9.95. The summed E-state index contributed by atoms with van der Waals surface area (Å²) in [5.74, 6) is 0. The summed E-state index contributed by atoms with van der Waals surface area (Å²) in [5, 5.41) is 2.30. The molecule has 0 aliphatic rings. The van der Waals surface area contributed by atoms with Crippen LogP contribution < -0.4 is 4.31 Å². The Morgan fingerprint density at radius 2 is 1.29 bits per heavy atom. The zero-order chi connectivity index (χ0) is 24.1. The highest BCUT2D eigenvalue weighted by Gasteiger charge is 2.25. The van der Waals surface area contributed by atoms with Gasteiger partial charge in [0.15, 0.2) is 0 Å². The molecule has 0 fully saturated rings. The smallest absolute Gasteiger partial charge is 0.262 e. The van der Waals surface area contributed by atoms with E-state index in [0.29, 0.717) is 5.69 Å². The van der Waals surface area contributed by atoms with Gasteiger partial charge in [-0.05, 0) is 52.7 Å². The normalized spacial score (nSPS) is 11.7. The first-order valence-electron chi connectivity index (χ1n) is 11.3. The lowest BCUT2D eigenvalue weighted by Gasteiger charge is -2.25. The van der Waals surface area contributed by atoms with Gasteiger partial charge in [0.05, 0.1) is 22.8 Å². The summed E-state index contributed by atoms with van der Waals surface area (Å²) < 4.78 is 28.5. The third kappa shape index (κ3) is 5.00. The molecule has 5 aromatic carbocycles. The molecule has 172 valence electrons. The summed E-state index contributed by atoms with van der Waals surface area (Å²) in [7, 11) is -3.75. The van der Waals surface area contributed by atoms with Crippen LogP contribution in [0.15, 0.2) is 137 Å². The van der Waals surface area contributed by atoms with Crippen LogP contribution in [0.2, 0.25) is 0 Å². The lowest BCUT2D eigenvalue weighted by molar-refractivity contribution is 0.590. The van der Waals surface area contributed by atoms with Gasteiger partial charge in [0.25, 0.3) is 10.0 Å². The molecule has 0 heterocycles. The number of benzene rings is 5. The van der Waals surface area contributed by atoms with Gasteiger partial charge in [0.2, 0.25) is 0 Å². The molecular formula is C30H24N2O2S. The Morgan fingerprint density at radius 3 is 2.03 bits per heavy atom. The average molecular weight is 477 g/mol. The van der Waals surface area contributed by atoms with Gasteiger partial charge >= 0.3 is 0 Å². The summed E-state index contributed by atoms with van der Waals surface area (Å²) in [4.78, 5) is 4.90. The average Bonchev–Trinajstić information content (AvgIpc) is 2.92. The molecule has 0 aliphatic carbocycles. The number of nitrogens with zero attached hydrogens (tertiary/aromatic N) is 2. The largest absolute Gasteiger partial charge is 0.264 e. The van der Waals surface area contributed by atoms with Gasteiger partial charge in [0.1, 0.15) is 0 Å². The molecule has 0 bridgehead atoms. The van der Waals surface area contributed by atoms with E-state index in [1.807, 2.05) is 79.0 Å². The second-order valence-corrected chi connectivity index (χ2v) is 10.0. The number of rotatable bonds is 7. The fourth-order valence-electron chi connectivity index (χ4n) is 4.00. The van der Waals surface area contributed by atoms with Crippen molar-refractivity contribution < 1.29 is 8.42 Å². The summed E-state index contributed by atoms with van der Waals surface area (Å²) in [6, 6.07) is 39.7. The molecule has 0 atom stereocenters. The quantitative estimate of drug-likeness (QED) is 0.238. The van der Waals surface area contributed by atoms with Crippen molar-refractivity contribution in [1.82, 2.24) is 0 Å². The minimum absolute atomic E-state index is 0.233. The van der Waals surface area contributed by atoms with E-state index in [1.54, 1.807) is 36.4 Å². The van der Waals surface area contributed by atoms with Gasteiger partial charge in [-0.2, -0.15) is 0 Å². The molecule has 35 heavy (non-hydrogen) atoms. The first-order valence-corrected chi connectivity index (χ1v) is 12.8. The van der Waals surface area contributed by atoms with E-state index in [4.69, 9.17) is 0 Å². The summed E-state index contributed by atoms with van der Waals surface area (Å²) in [5.41, 5.74) is 3.27. The first-order chi connectivity index (χ1) is 17.1. The maximum absolute atomic E-state index is 13.6. The number of aliphatic imine (C=N–C) groups is 1. The summed E-state index contributed by atoms with van der Waals surface area (Å²) in [6.45, 7) is 0.233. The molecule has 0 amide bonds. The van der Waals surface area contributed by atoms with Crippen LogP contribution in [0.4, 0.5) is 11.4 Å². The Kier molecular flexibility index (Phi) is 6.42. The third-order valence-corrected chi connectivity index (χ3v) is 7.60. The molecule has 5 aromatic rings.